The number of hydrogen-bond donors (Lipinski definition) is 0. The molecule has 0 bridgehead atoms. The van der Waals surface area contributed by atoms with Crippen LogP contribution in [0.5, 0.6) is 0 Å². The number of rotatable bonds is 4. The second-order valence-corrected chi connectivity index (χ2v) is 7.26. The summed E-state index contributed by atoms with van der Waals surface area (Å²) in [7, 11) is 0. The van der Waals surface area contributed by atoms with Crippen LogP contribution in [-0.2, 0) is 11.3 Å². The molecule has 0 spiro atoms. The standard InChI is InChI=1S/C22H22N4O2/c1-16-4-6-17(7-5-16)18-8-9-20-22(23-24-26(20)13-18)21-15-25(10-12-28-21)14-19-3-2-11-27-19/h2-9,11,13,21H,10,12,14-15H2,1H3. The summed E-state index contributed by atoms with van der Waals surface area (Å²) in [6.45, 7) is 5.20. The SMILES string of the molecule is Cc1ccc(-c2ccc3c(C4CN(Cc5ccco5)CCO4)nnn3c2)cc1. The number of ether oxygens (including phenoxy) is 1. The molecule has 6 nitrogen and oxygen atoms in total. The lowest BCUT2D eigenvalue weighted by atomic mass is 10.1. The van der Waals surface area contributed by atoms with Crippen molar-refractivity contribution in [3.8, 4) is 11.1 Å². The minimum atomic E-state index is -0.0913. The number of benzene rings is 1. The number of nitrogens with zero attached hydrogens (tertiary/aromatic N) is 4. The van der Waals surface area contributed by atoms with E-state index in [1.165, 1.54) is 11.1 Å². The van der Waals surface area contributed by atoms with Crippen molar-refractivity contribution in [1.29, 1.82) is 0 Å². The number of pyridine rings is 1. The van der Waals surface area contributed by atoms with Gasteiger partial charge in [-0.25, -0.2) is 4.52 Å². The van der Waals surface area contributed by atoms with E-state index in [4.69, 9.17) is 9.15 Å². The number of aromatic nitrogens is 3. The van der Waals surface area contributed by atoms with Crippen molar-refractivity contribution in [3.05, 3.63) is 78.0 Å². The minimum Gasteiger partial charge on any atom is -0.468 e. The molecule has 1 aliphatic heterocycles. The molecule has 1 atom stereocenters. The van der Waals surface area contributed by atoms with Gasteiger partial charge in [0, 0.05) is 24.8 Å². The maximum Gasteiger partial charge on any atom is 0.121 e. The lowest BCUT2D eigenvalue weighted by Crippen LogP contribution is -2.37. The van der Waals surface area contributed by atoms with Gasteiger partial charge in [-0.3, -0.25) is 4.90 Å². The molecule has 3 aromatic heterocycles. The summed E-state index contributed by atoms with van der Waals surface area (Å²) in [5.41, 5.74) is 5.41. The third kappa shape index (κ3) is 3.32. The zero-order valence-corrected chi connectivity index (χ0v) is 15.8. The molecule has 1 saturated heterocycles. The van der Waals surface area contributed by atoms with Crippen LogP contribution < -0.4 is 0 Å². The quantitative estimate of drug-likeness (QED) is 0.543. The Morgan fingerprint density at radius 3 is 2.75 bits per heavy atom. The Kier molecular flexibility index (Phi) is 4.43. The van der Waals surface area contributed by atoms with Gasteiger partial charge in [0.05, 0.1) is 24.9 Å². The zero-order chi connectivity index (χ0) is 18.9. The monoisotopic (exact) mass is 374 g/mol. The van der Waals surface area contributed by atoms with Gasteiger partial charge in [-0.1, -0.05) is 41.1 Å². The fourth-order valence-electron chi connectivity index (χ4n) is 3.69. The Labute approximate surface area is 163 Å². The van der Waals surface area contributed by atoms with Gasteiger partial charge in [-0.05, 0) is 30.7 Å². The molecule has 0 aliphatic carbocycles. The summed E-state index contributed by atoms with van der Waals surface area (Å²) in [5, 5.41) is 8.79. The van der Waals surface area contributed by atoms with E-state index in [0.29, 0.717) is 6.61 Å². The van der Waals surface area contributed by atoms with E-state index in [0.717, 1.165) is 42.2 Å². The van der Waals surface area contributed by atoms with Crippen molar-refractivity contribution < 1.29 is 9.15 Å². The van der Waals surface area contributed by atoms with Gasteiger partial charge in [-0.2, -0.15) is 0 Å². The molecule has 0 radical (unpaired) electrons. The van der Waals surface area contributed by atoms with Crippen LogP contribution in [0.4, 0.5) is 0 Å². The predicted octanol–water partition coefficient (Wildman–Crippen LogP) is 3.87. The van der Waals surface area contributed by atoms with E-state index in [2.05, 4.69) is 58.5 Å². The van der Waals surface area contributed by atoms with Gasteiger partial charge in [0.15, 0.2) is 0 Å². The number of fused-ring (bicyclic) bond motifs is 1. The van der Waals surface area contributed by atoms with Crippen LogP contribution >= 0.6 is 0 Å². The van der Waals surface area contributed by atoms with Gasteiger partial charge < -0.3 is 9.15 Å². The van der Waals surface area contributed by atoms with Gasteiger partial charge in [0.2, 0.25) is 0 Å². The Hall–Kier alpha value is -2.96. The molecule has 4 heterocycles. The van der Waals surface area contributed by atoms with Gasteiger partial charge >= 0.3 is 0 Å². The van der Waals surface area contributed by atoms with Gasteiger partial charge in [0.25, 0.3) is 0 Å². The molecule has 1 aliphatic rings. The number of furan rings is 1. The highest BCUT2D eigenvalue weighted by Crippen LogP contribution is 2.27. The van der Waals surface area contributed by atoms with Crippen LogP contribution in [-0.4, -0.2) is 39.4 Å². The normalized spacial score (nSPS) is 18.0. The van der Waals surface area contributed by atoms with Crippen LogP contribution in [0, 0.1) is 6.92 Å². The Balaban J connectivity index is 1.39. The number of aryl methyl sites for hydroxylation is 1. The highest BCUT2D eigenvalue weighted by Gasteiger charge is 2.26. The molecule has 6 heteroatoms. The molecule has 0 saturated carbocycles. The third-order valence-corrected chi connectivity index (χ3v) is 5.24. The van der Waals surface area contributed by atoms with Crippen molar-refractivity contribution in [2.75, 3.05) is 19.7 Å². The fourth-order valence-corrected chi connectivity index (χ4v) is 3.69. The highest BCUT2D eigenvalue weighted by atomic mass is 16.5. The third-order valence-electron chi connectivity index (χ3n) is 5.24. The minimum absolute atomic E-state index is 0.0913. The van der Waals surface area contributed by atoms with Crippen molar-refractivity contribution >= 4 is 5.52 Å². The molecular formula is C22H22N4O2. The van der Waals surface area contributed by atoms with E-state index < -0.39 is 0 Å². The summed E-state index contributed by atoms with van der Waals surface area (Å²) < 4.78 is 13.3. The van der Waals surface area contributed by atoms with Gasteiger partial charge in [0.1, 0.15) is 17.6 Å². The first-order valence-corrected chi connectivity index (χ1v) is 9.54. The Morgan fingerprint density at radius 2 is 1.93 bits per heavy atom. The highest BCUT2D eigenvalue weighted by molar-refractivity contribution is 5.66. The van der Waals surface area contributed by atoms with Crippen molar-refractivity contribution in [1.82, 2.24) is 19.7 Å². The lowest BCUT2D eigenvalue weighted by molar-refractivity contribution is -0.0360. The summed E-state index contributed by atoms with van der Waals surface area (Å²) in [6.07, 6.45) is 3.65. The molecule has 0 N–H and O–H groups in total. The molecule has 28 heavy (non-hydrogen) atoms. The maximum absolute atomic E-state index is 6.02. The van der Waals surface area contributed by atoms with Crippen LogP contribution in [0.2, 0.25) is 0 Å². The van der Waals surface area contributed by atoms with E-state index in [-0.39, 0.29) is 6.10 Å². The molecule has 5 rings (SSSR count). The number of morpholine rings is 1. The summed E-state index contributed by atoms with van der Waals surface area (Å²) >= 11 is 0. The van der Waals surface area contributed by atoms with Gasteiger partial charge in [-0.15, -0.1) is 5.10 Å². The fraction of sp³-hybridized carbons (Fsp3) is 0.273. The van der Waals surface area contributed by atoms with Crippen molar-refractivity contribution in [3.63, 3.8) is 0 Å². The van der Waals surface area contributed by atoms with Crippen LogP contribution in [0.3, 0.4) is 0 Å². The average molecular weight is 374 g/mol. The van der Waals surface area contributed by atoms with Crippen molar-refractivity contribution in [2.45, 2.75) is 19.6 Å². The topological polar surface area (TPSA) is 55.8 Å². The predicted molar refractivity (Wildman–Crippen MR) is 106 cm³/mol. The van der Waals surface area contributed by atoms with E-state index in [9.17, 15) is 0 Å². The molecule has 0 amide bonds. The summed E-state index contributed by atoms with van der Waals surface area (Å²) in [6, 6.07) is 16.6. The molecule has 1 fully saturated rings. The smallest absolute Gasteiger partial charge is 0.121 e. The van der Waals surface area contributed by atoms with Crippen LogP contribution in [0.15, 0.2) is 65.4 Å². The number of hydrogen-bond acceptors (Lipinski definition) is 5. The van der Waals surface area contributed by atoms with E-state index >= 15 is 0 Å². The summed E-state index contributed by atoms with van der Waals surface area (Å²) in [5.74, 6) is 0.969. The first-order valence-electron chi connectivity index (χ1n) is 9.54. The molecule has 142 valence electrons. The lowest BCUT2D eigenvalue weighted by Gasteiger charge is -2.31. The van der Waals surface area contributed by atoms with E-state index in [1.54, 1.807) is 6.26 Å². The van der Waals surface area contributed by atoms with Crippen molar-refractivity contribution in [2.24, 2.45) is 0 Å². The second kappa shape index (κ2) is 7.22. The van der Waals surface area contributed by atoms with Crippen LogP contribution in [0.1, 0.15) is 23.1 Å². The van der Waals surface area contributed by atoms with E-state index in [1.807, 2.05) is 22.8 Å². The molecule has 1 unspecified atom stereocenters. The molecule has 1 aromatic carbocycles. The zero-order valence-electron chi connectivity index (χ0n) is 15.8. The second-order valence-electron chi connectivity index (χ2n) is 7.26. The van der Waals surface area contributed by atoms with Crippen LogP contribution in [0.25, 0.3) is 16.6 Å². The summed E-state index contributed by atoms with van der Waals surface area (Å²) in [4.78, 5) is 2.33. The Bertz CT molecular complexity index is 1070. The first kappa shape index (κ1) is 17.2. The average Bonchev–Trinajstić information content (AvgIpc) is 3.38. The molecular weight excluding hydrogens is 352 g/mol. The Morgan fingerprint density at radius 1 is 1.07 bits per heavy atom. The largest absolute Gasteiger partial charge is 0.468 e. The first-order chi connectivity index (χ1) is 13.8. The molecule has 4 aromatic rings. The maximum atomic E-state index is 6.02.